The van der Waals surface area contributed by atoms with E-state index in [1.807, 2.05) is 0 Å². The molecule has 1 saturated carbocycles. The van der Waals surface area contributed by atoms with Gasteiger partial charge in [0.2, 0.25) is 11.8 Å². The van der Waals surface area contributed by atoms with Crippen molar-refractivity contribution in [1.82, 2.24) is 10.2 Å². The average Bonchev–Trinajstić information content (AvgIpc) is 3.00. The van der Waals surface area contributed by atoms with Crippen molar-refractivity contribution in [2.24, 2.45) is 0 Å². The smallest absolute Gasteiger partial charge is 0.264 e. The Bertz CT molecular complexity index is 1490. The molecule has 0 radical (unpaired) electrons. The lowest BCUT2D eigenvalue weighted by molar-refractivity contribution is -0.139. The Labute approximate surface area is 251 Å². The number of carbonyl (C=O) groups excluding carboxylic acids is 2. The summed E-state index contributed by atoms with van der Waals surface area (Å²) in [6.45, 7) is 2.77. The third-order valence-corrected chi connectivity index (χ3v) is 9.32. The van der Waals surface area contributed by atoms with Crippen molar-refractivity contribution in [2.75, 3.05) is 17.5 Å². The van der Waals surface area contributed by atoms with Gasteiger partial charge in [-0.1, -0.05) is 37.5 Å². The van der Waals surface area contributed by atoms with E-state index < -0.39 is 46.1 Å². The van der Waals surface area contributed by atoms with Gasteiger partial charge in [0.1, 0.15) is 30.0 Å². The number of ether oxygens (including phenoxy) is 1. The van der Waals surface area contributed by atoms with E-state index in [9.17, 15) is 26.8 Å². The highest BCUT2D eigenvalue weighted by Crippen LogP contribution is 2.27. The van der Waals surface area contributed by atoms with Gasteiger partial charge in [-0.3, -0.25) is 13.9 Å². The largest absolute Gasteiger partial charge is 0.494 e. The molecule has 11 heteroatoms. The van der Waals surface area contributed by atoms with Gasteiger partial charge < -0.3 is 15.0 Å². The summed E-state index contributed by atoms with van der Waals surface area (Å²) < 4.78 is 62.6. The summed E-state index contributed by atoms with van der Waals surface area (Å²) in [7, 11) is -4.34. The third kappa shape index (κ3) is 8.10. The van der Waals surface area contributed by atoms with E-state index >= 15 is 0 Å². The van der Waals surface area contributed by atoms with Gasteiger partial charge in [-0.25, -0.2) is 17.2 Å². The van der Waals surface area contributed by atoms with Crippen LogP contribution in [0.2, 0.25) is 0 Å². The highest BCUT2D eigenvalue weighted by molar-refractivity contribution is 7.92. The maximum atomic E-state index is 14.7. The Balaban J connectivity index is 1.67. The lowest BCUT2D eigenvalue weighted by Gasteiger charge is -2.33. The lowest BCUT2D eigenvalue weighted by atomic mass is 9.95. The van der Waals surface area contributed by atoms with Crippen molar-refractivity contribution in [3.05, 3.63) is 90.0 Å². The molecule has 43 heavy (non-hydrogen) atoms. The molecule has 0 heterocycles. The van der Waals surface area contributed by atoms with Crippen LogP contribution >= 0.6 is 0 Å². The van der Waals surface area contributed by atoms with Crippen LogP contribution in [0, 0.1) is 11.6 Å². The van der Waals surface area contributed by atoms with Crippen molar-refractivity contribution in [2.45, 2.75) is 69.5 Å². The van der Waals surface area contributed by atoms with E-state index in [1.54, 1.807) is 19.9 Å². The molecule has 3 aromatic carbocycles. The SMILES string of the molecule is CCOc1ccc(S(=O)(=O)N(CC(=O)N(Cc2ccccc2F)[C@@H](C)C(=O)NC2CCCCC2)c2ccc(F)cc2)cc1. The molecule has 3 aromatic rings. The number of hydrogen-bond donors (Lipinski definition) is 1. The van der Waals surface area contributed by atoms with E-state index in [2.05, 4.69) is 5.32 Å². The summed E-state index contributed by atoms with van der Waals surface area (Å²) in [6, 6.07) is 15.3. The fourth-order valence-electron chi connectivity index (χ4n) is 5.10. The van der Waals surface area contributed by atoms with Gasteiger partial charge in [-0.05, 0) is 81.3 Å². The Hall–Kier alpha value is -3.99. The topological polar surface area (TPSA) is 96.0 Å². The van der Waals surface area contributed by atoms with Gasteiger partial charge in [0.15, 0.2) is 0 Å². The molecule has 1 N–H and O–H groups in total. The zero-order valence-corrected chi connectivity index (χ0v) is 25.2. The predicted molar refractivity (Wildman–Crippen MR) is 160 cm³/mol. The number of nitrogens with one attached hydrogen (secondary N) is 1. The van der Waals surface area contributed by atoms with E-state index in [4.69, 9.17) is 4.74 Å². The third-order valence-electron chi connectivity index (χ3n) is 7.53. The Morgan fingerprint density at radius 1 is 0.953 bits per heavy atom. The van der Waals surface area contributed by atoms with Crippen LogP contribution in [0.25, 0.3) is 0 Å². The maximum Gasteiger partial charge on any atom is 0.264 e. The average molecular weight is 614 g/mol. The summed E-state index contributed by atoms with van der Waals surface area (Å²) in [5.41, 5.74) is 0.227. The summed E-state index contributed by atoms with van der Waals surface area (Å²) in [4.78, 5) is 28.4. The lowest BCUT2D eigenvalue weighted by Crippen LogP contribution is -2.53. The van der Waals surface area contributed by atoms with Crippen LogP contribution in [0.1, 0.15) is 51.5 Å². The molecule has 1 fully saturated rings. The van der Waals surface area contributed by atoms with Gasteiger partial charge in [0.05, 0.1) is 17.2 Å². The second kappa shape index (κ2) is 14.5. The van der Waals surface area contributed by atoms with Gasteiger partial charge in [-0.15, -0.1) is 0 Å². The minimum Gasteiger partial charge on any atom is -0.494 e. The molecule has 0 saturated heterocycles. The minimum atomic E-state index is -4.34. The molecule has 0 spiro atoms. The number of anilines is 1. The molecule has 1 atom stereocenters. The van der Waals surface area contributed by atoms with Crippen LogP contribution < -0.4 is 14.4 Å². The number of carbonyl (C=O) groups is 2. The number of sulfonamides is 1. The number of amides is 2. The van der Waals surface area contributed by atoms with E-state index in [0.29, 0.717) is 12.4 Å². The highest BCUT2D eigenvalue weighted by Gasteiger charge is 2.33. The first-order chi connectivity index (χ1) is 20.6. The first-order valence-electron chi connectivity index (χ1n) is 14.4. The van der Waals surface area contributed by atoms with E-state index in [-0.39, 0.29) is 28.7 Å². The number of rotatable bonds is 12. The van der Waals surface area contributed by atoms with Crippen LogP contribution in [-0.2, 0) is 26.2 Å². The van der Waals surface area contributed by atoms with E-state index in [1.165, 1.54) is 59.5 Å². The molecule has 2 amide bonds. The van der Waals surface area contributed by atoms with Crippen LogP contribution in [0.15, 0.2) is 77.7 Å². The van der Waals surface area contributed by atoms with Gasteiger partial charge in [0.25, 0.3) is 10.0 Å². The second-order valence-corrected chi connectivity index (χ2v) is 12.4. The molecule has 0 bridgehead atoms. The number of benzene rings is 3. The zero-order valence-electron chi connectivity index (χ0n) is 24.3. The van der Waals surface area contributed by atoms with Crippen molar-refractivity contribution in [3.8, 4) is 5.75 Å². The predicted octanol–water partition coefficient (Wildman–Crippen LogP) is 5.43. The first kappa shape index (κ1) is 31.9. The fourth-order valence-corrected chi connectivity index (χ4v) is 6.51. The summed E-state index contributed by atoms with van der Waals surface area (Å²) in [5, 5.41) is 3.01. The maximum absolute atomic E-state index is 14.7. The quantitative estimate of drug-likeness (QED) is 0.294. The molecule has 0 aliphatic heterocycles. The Morgan fingerprint density at radius 2 is 1.60 bits per heavy atom. The van der Waals surface area contributed by atoms with Crippen LogP contribution in [-0.4, -0.2) is 50.4 Å². The van der Waals surface area contributed by atoms with E-state index in [0.717, 1.165) is 48.5 Å². The van der Waals surface area contributed by atoms with Crippen molar-refractivity contribution in [1.29, 1.82) is 0 Å². The van der Waals surface area contributed by atoms with Gasteiger partial charge >= 0.3 is 0 Å². The molecular weight excluding hydrogens is 576 g/mol. The highest BCUT2D eigenvalue weighted by atomic mass is 32.2. The molecule has 230 valence electrons. The summed E-state index contributed by atoms with van der Waals surface area (Å²) in [5.74, 6) is -1.80. The van der Waals surface area contributed by atoms with Crippen LogP contribution in [0.4, 0.5) is 14.5 Å². The molecule has 1 aliphatic carbocycles. The van der Waals surface area contributed by atoms with Crippen molar-refractivity contribution < 1.29 is 31.5 Å². The van der Waals surface area contributed by atoms with Crippen LogP contribution in [0.5, 0.6) is 5.75 Å². The molecular formula is C32H37F2N3O5S. The Kier molecular flexibility index (Phi) is 10.7. The van der Waals surface area contributed by atoms with Gasteiger partial charge in [-0.2, -0.15) is 0 Å². The molecule has 8 nitrogen and oxygen atoms in total. The summed E-state index contributed by atoms with van der Waals surface area (Å²) in [6.07, 6.45) is 4.75. The zero-order chi connectivity index (χ0) is 31.0. The fraction of sp³-hybridized carbons (Fsp3) is 0.375. The second-order valence-electron chi connectivity index (χ2n) is 10.5. The molecule has 0 unspecified atom stereocenters. The first-order valence-corrected chi connectivity index (χ1v) is 15.9. The number of hydrogen-bond acceptors (Lipinski definition) is 5. The minimum absolute atomic E-state index is 0.0233. The van der Waals surface area contributed by atoms with Crippen LogP contribution in [0.3, 0.4) is 0 Å². The standard InChI is InChI=1S/C32H37F2N3O5S/c1-3-42-28-17-19-29(20-18-28)43(40,41)37(27-15-13-25(33)14-16-27)22-31(38)36(21-24-9-7-8-12-30(24)34)23(2)32(39)35-26-10-5-4-6-11-26/h7-9,12-20,23,26H,3-6,10-11,21-22H2,1-2H3,(H,35,39)/t23-/m0/s1. The molecule has 4 rings (SSSR count). The molecule has 1 aliphatic rings. The van der Waals surface area contributed by atoms with Crippen molar-refractivity contribution in [3.63, 3.8) is 0 Å². The normalized spacial score (nSPS) is 14.5. The molecule has 0 aromatic heterocycles. The number of nitrogens with zero attached hydrogens (tertiary/aromatic N) is 2. The Morgan fingerprint density at radius 3 is 2.23 bits per heavy atom. The van der Waals surface area contributed by atoms with Crippen molar-refractivity contribution >= 4 is 27.5 Å². The monoisotopic (exact) mass is 613 g/mol. The van der Waals surface area contributed by atoms with Gasteiger partial charge in [0, 0.05) is 18.2 Å². The summed E-state index contributed by atoms with van der Waals surface area (Å²) >= 11 is 0. The number of halogens is 2.